The van der Waals surface area contributed by atoms with Gasteiger partial charge in [-0.1, -0.05) is 24.1 Å². The molecule has 1 aromatic carbocycles. The van der Waals surface area contributed by atoms with Crippen LogP contribution in [-0.4, -0.2) is 18.2 Å². The van der Waals surface area contributed by atoms with E-state index in [0.29, 0.717) is 0 Å². The maximum absolute atomic E-state index is 11.9. The maximum atomic E-state index is 11.9. The molecule has 1 saturated carbocycles. The highest BCUT2D eigenvalue weighted by Gasteiger charge is 2.08. The van der Waals surface area contributed by atoms with E-state index in [-0.39, 0.29) is 12.5 Å². The van der Waals surface area contributed by atoms with Crippen molar-refractivity contribution in [2.75, 3.05) is 11.9 Å². The molecule has 4 nitrogen and oxygen atoms in total. The van der Waals surface area contributed by atoms with Crippen LogP contribution in [-0.2, 0) is 4.79 Å². The molecule has 0 aliphatic heterocycles. The summed E-state index contributed by atoms with van der Waals surface area (Å²) in [6, 6.07) is 4.24. The van der Waals surface area contributed by atoms with Crippen molar-refractivity contribution in [3.05, 3.63) is 28.8 Å². The van der Waals surface area contributed by atoms with Gasteiger partial charge in [-0.15, -0.1) is 0 Å². The van der Waals surface area contributed by atoms with Crippen LogP contribution in [0.3, 0.4) is 0 Å². The Bertz CT molecular complexity index is 518. The third-order valence-electron chi connectivity index (χ3n) is 3.87. The lowest BCUT2D eigenvalue weighted by molar-refractivity contribution is -0.119. The summed E-state index contributed by atoms with van der Waals surface area (Å²) in [7, 11) is 0. The summed E-state index contributed by atoms with van der Waals surface area (Å²) >= 11 is 0. The molecule has 1 fully saturated rings. The molecule has 0 radical (unpaired) electrons. The van der Waals surface area contributed by atoms with E-state index in [0.717, 1.165) is 24.2 Å². The van der Waals surface area contributed by atoms with Crippen molar-refractivity contribution < 1.29 is 4.79 Å². The average molecular weight is 287 g/mol. The minimum absolute atomic E-state index is 0.0903. The molecule has 0 aromatic heterocycles. The van der Waals surface area contributed by atoms with Crippen molar-refractivity contribution in [3.63, 3.8) is 0 Å². The summed E-state index contributed by atoms with van der Waals surface area (Å²) < 4.78 is 0. The number of aryl methyl sites for hydroxylation is 3. The molecular formula is C17H25N3O. The fraction of sp³-hybridized carbons (Fsp3) is 0.529. The van der Waals surface area contributed by atoms with Crippen molar-refractivity contribution in [3.8, 4) is 0 Å². The molecule has 1 aliphatic carbocycles. The Morgan fingerprint density at radius 3 is 2.33 bits per heavy atom. The second-order valence-electron chi connectivity index (χ2n) is 5.90. The highest BCUT2D eigenvalue weighted by molar-refractivity contribution is 5.87. The topological polar surface area (TPSA) is 53.5 Å². The molecule has 0 spiro atoms. The fourth-order valence-corrected chi connectivity index (χ4v) is 2.88. The quantitative estimate of drug-likeness (QED) is 0.833. The van der Waals surface area contributed by atoms with Crippen LogP contribution in [0, 0.1) is 20.8 Å². The summed E-state index contributed by atoms with van der Waals surface area (Å²) in [5, 5.41) is 7.45. The van der Waals surface area contributed by atoms with Gasteiger partial charge in [0.05, 0.1) is 6.54 Å². The summed E-state index contributed by atoms with van der Waals surface area (Å²) in [6.45, 7) is 6.45. The number of carbonyl (C=O) groups is 1. The van der Waals surface area contributed by atoms with E-state index in [1.165, 1.54) is 36.0 Å². The number of hydrogen-bond donors (Lipinski definition) is 2. The van der Waals surface area contributed by atoms with Gasteiger partial charge < -0.3 is 5.32 Å². The van der Waals surface area contributed by atoms with Crippen LogP contribution in [0.1, 0.15) is 48.8 Å². The van der Waals surface area contributed by atoms with Crippen molar-refractivity contribution in [1.82, 2.24) is 5.43 Å². The molecule has 2 N–H and O–H groups in total. The van der Waals surface area contributed by atoms with E-state index >= 15 is 0 Å². The van der Waals surface area contributed by atoms with E-state index < -0.39 is 0 Å². The van der Waals surface area contributed by atoms with Gasteiger partial charge in [-0.25, -0.2) is 5.43 Å². The predicted molar refractivity (Wildman–Crippen MR) is 87.8 cm³/mol. The second kappa shape index (κ2) is 7.25. The van der Waals surface area contributed by atoms with Crippen LogP contribution >= 0.6 is 0 Å². The number of nitrogens with zero attached hydrogens (tertiary/aromatic N) is 1. The molecule has 1 amide bonds. The zero-order valence-corrected chi connectivity index (χ0v) is 13.3. The van der Waals surface area contributed by atoms with Gasteiger partial charge in [0, 0.05) is 11.4 Å². The number of hydrogen-bond acceptors (Lipinski definition) is 3. The number of rotatable bonds is 4. The molecule has 0 unspecified atom stereocenters. The number of nitrogens with one attached hydrogen (secondary N) is 2. The lowest BCUT2D eigenvalue weighted by atomic mass is 9.99. The van der Waals surface area contributed by atoms with Crippen molar-refractivity contribution in [2.24, 2.45) is 5.10 Å². The van der Waals surface area contributed by atoms with Gasteiger partial charge in [0.25, 0.3) is 5.91 Å². The molecule has 1 aromatic rings. The Labute approximate surface area is 127 Å². The minimum atomic E-state index is -0.0903. The van der Waals surface area contributed by atoms with Gasteiger partial charge in [0.2, 0.25) is 0 Å². The minimum Gasteiger partial charge on any atom is -0.376 e. The SMILES string of the molecule is Cc1cc(C)c(NCC(=O)NN=C2CCCCC2)c(C)c1. The van der Waals surface area contributed by atoms with Crippen molar-refractivity contribution >= 4 is 17.3 Å². The third-order valence-corrected chi connectivity index (χ3v) is 3.87. The summed E-state index contributed by atoms with van der Waals surface area (Å²) in [5.74, 6) is -0.0903. The van der Waals surface area contributed by atoms with Gasteiger partial charge in [0.1, 0.15) is 0 Å². The van der Waals surface area contributed by atoms with Crippen LogP contribution in [0.25, 0.3) is 0 Å². The first-order valence-corrected chi connectivity index (χ1v) is 7.72. The first-order valence-electron chi connectivity index (χ1n) is 7.72. The van der Waals surface area contributed by atoms with Crippen LogP contribution in [0.5, 0.6) is 0 Å². The lowest BCUT2D eigenvalue weighted by Crippen LogP contribution is -2.27. The molecule has 0 bridgehead atoms. The van der Waals surface area contributed by atoms with E-state index in [1.807, 2.05) is 0 Å². The van der Waals surface area contributed by atoms with Gasteiger partial charge in [-0.3, -0.25) is 4.79 Å². The Morgan fingerprint density at radius 1 is 1.10 bits per heavy atom. The summed E-state index contributed by atoms with van der Waals surface area (Å²) in [6.07, 6.45) is 5.69. The number of hydrazone groups is 1. The van der Waals surface area contributed by atoms with Crippen molar-refractivity contribution in [2.45, 2.75) is 52.9 Å². The Morgan fingerprint density at radius 2 is 1.71 bits per heavy atom. The molecule has 0 atom stereocenters. The number of carbonyl (C=O) groups excluding carboxylic acids is 1. The Kier molecular flexibility index (Phi) is 5.37. The zero-order valence-electron chi connectivity index (χ0n) is 13.3. The smallest absolute Gasteiger partial charge is 0.259 e. The van der Waals surface area contributed by atoms with Gasteiger partial charge >= 0.3 is 0 Å². The highest BCUT2D eigenvalue weighted by Crippen LogP contribution is 2.21. The first-order chi connectivity index (χ1) is 10.1. The number of benzene rings is 1. The summed E-state index contributed by atoms with van der Waals surface area (Å²) in [5.41, 5.74) is 8.40. The third kappa shape index (κ3) is 4.59. The van der Waals surface area contributed by atoms with Gasteiger partial charge in [-0.05, 0) is 57.6 Å². The first kappa shape index (κ1) is 15.5. The lowest BCUT2D eigenvalue weighted by Gasteiger charge is -2.14. The fourth-order valence-electron chi connectivity index (χ4n) is 2.88. The van der Waals surface area contributed by atoms with Crippen LogP contribution in [0.15, 0.2) is 17.2 Å². The van der Waals surface area contributed by atoms with Crippen LogP contribution in [0.2, 0.25) is 0 Å². The molecule has 2 rings (SSSR count). The van der Waals surface area contributed by atoms with Gasteiger partial charge in [-0.2, -0.15) is 5.10 Å². The normalized spacial score (nSPS) is 14.7. The molecule has 0 saturated heterocycles. The predicted octanol–water partition coefficient (Wildman–Crippen LogP) is 3.46. The standard InChI is InChI=1S/C17H25N3O/c1-12-9-13(2)17(14(3)10-12)18-11-16(21)20-19-15-7-5-4-6-8-15/h9-10,18H,4-8,11H2,1-3H3,(H,20,21). The molecule has 0 heterocycles. The van der Waals surface area contributed by atoms with E-state index in [2.05, 4.69) is 48.7 Å². The highest BCUT2D eigenvalue weighted by atomic mass is 16.2. The molecular weight excluding hydrogens is 262 g/mol. The number of anilines is 1. The Hall–Kier alpha value is -1.84. The molecule has 21 heavy (non-hydrogen) atoms. The maximum Gasteiger partial charge on any atom is 0.259 e. The van der Waals surface area contributed by atoms with Crippen LogP contribution < -0.4 is 10.7 Å². The van der Waals surface area contributed by atoms with E-state index in [9.17, 15) is 4.79 Å². The Balaban J connectivity index is 1.86. The monoisotopic (exact) mass is 287 g/mol. The van der Waals surface area contributed by atoms with E-state index in [4.69, 9.17) is 0 Å². The van der Waals surface area contributed by atoms with E-state index in [1.54, 1.807) is 0 Å². The largest absolute Gasteiger partial charge is 0.376 e. The number of amides is 1. The van der Waals surface area contributed by atoms with Crippen LogP contribution in [0.4, 0.5) is 5.69 Å². The second-order valence-corrected chi connectivity index (χ2v) is 5.90. The zero-order chi connectivity index (χ0) is 15.2. The molecule has 1 aliphatic rings. The van der Waals surface area contributed by atoms with Gasteiger partial charge in [0.15, 0.2) is 0 Å². The average Bonchev–Trinajstić information content (AvgIpc) is 2.45. The van der Waals surface area contributed by atoms with Crippen molar-refractivity contribution in [1.29, 1.82) is 0 Å². The molecule has 114 valence electrons. The summed E-state index contributed by atoms with van der Waals surface area (Å²) in [4.78, 5) is 11.9. The molecule has 4 heteroatoms.